The maximum atomic E-state index is 13.1. The van der Waals surface area contributed by atoms with Crippen molar-refractivity contribution >= 4 is 29.1 Å². The van der Waals surface area contributed by atoms with Gasteiger partial charge in [0.05, 0.1) is 16.6 Å². The monoisotopic (exact) mass is 490 g/mol. The van der Waals surface area contributed by atoms with Gasteiger partial charge in [-0.15, -0.1) is 0 Å². The van der Waals surface area contributed by atoms with Gasteiger partial charge in [0, 0.05) is 52.0 Å². The predicted octanol–water partition coefficient (Wildman–Crippen LogP) is 3.46. The number of carbonyl (C=O) groups is 2. The summed E-state index contributed by atoms with van der Waals surface area (Å²) in [7, 11) is 3.43. The summed E-state index contributed by atoms with van der Waals surface area (Å²) in [5.74, 6) is -0.0808. The largest absolute Gasteiger partial charge is 0.380 e. The molecule has 1 aromatic rings. The molecule has 0 bridgehead atoms. The van der Waals surface area contributed by atoms with Crippen molar-refractivity contribution in [2.75, 3.05) is 45.6 Å². The first-order valence-corrected chi connectivity index (χ1v) is 13.1. The number of likely N-dealkylation sites (tertiary alicyclic amines) is 2. The summed E-state index contributed by atoms with van der Waals surface area (Å²) >= 11 is 6.34. The molecule has 2 N–H and O–H groups in total. The second kappa shape index (κ2) is 10.4. The Morgan fingerprint density at radius 3 is 2.32 bits per heavy atom. The van der Waals surface area contributed by atoms with Crippen LogP contribution < -0.4 is 5.32 Å². The maximum absolute atomic E-state index is 13.1. The molecule has 0 spiro atoms. The van der Waals surface area contributed by atoms with Gasteiger partial charge in [0.1, 0.15) is 5.60 Å². The van der Waals surface area contributed by atoms with E-state index in [-0.39, 0.29) is 17.7 Å². The van der Waals surface area contributed by atoms with E-state index in [9.17, 15) is 14.7 Å². The van der Waals surface area contributed by atoms with Gasteiger partial charge in [-0.05, 0) is 56.7 Å². The molecule has 188 valence electrons. The highest BCUT2D eigenvalue weighted by Crippen LogP contribution is 2.35. The number of hydrogen-bond donors (Lipinski definition) is 2. The summed E-state index contributed by atoms with van der Waals surface area (Å²) in [4.78, 5) is 31.1. The molecule has 2 aliphatic heterocycles. The molecule has 2 amide bonds. The Balaban J connectivity index is 1.22. The number of carbonyl (C=O) groups excluding carboxylic acids is 2. The van der Waals surface area contributed by atoms with Crippen molar-refractivity contribution in [2.45, 2.75) is 69.6 Å². The van der Waals surface area contributed by atoms with Crippen molar-refractivity contribution in [3.8, 4) is 0 Å². The molecule has 1 saturated carbocycles. The van der Waals surface area contributed by atoms with Gasteiger partial charge in [0.25, 0.3) is 11.8 Å². The minimum atomic E-state index is -1.23. The van der Waals surface area contributed by atoms with Crippen LogP contribution in [0.25, 0.3) is 0 Å². The van der Waals surface area contributed by atoms with Crippen LogP contribution in [0, 0.1) is 5.92 Å². The molecule has 1 atom stereocenters. The van der Waals surface area contributed by atoms with Crippen molar-refractivity contribution in [3.05, 3.63) is 28.8 Å². The Bertz CT molecular complexity index is 886. The number of rotatable bonds is 6. The quantitative estimate of drug-likeness (QED) is 0.638. The summed E-state index contributed by atoms with van der Waals surface area (Å²) in [5.41, 5.74) is 0.207. The number of aliphatic hydroxyl groups is 1. The van der Waals surface area contributed by atoms with Gasteiger partial charge < -0.3 is 20.2 Å². The van der Waals surface area contributed by atoms with E-state index in [0.29, 0.717) is 22.7 Å². The van der Waals surface area contributed by atoms with Crippen molar-refractivity contribution in [3.63, 3.8) is 0 Å². The molecule has 3 aliphatic rings. The lowest BCUT2D eigenvalue weighted by Gasteiger charge is -2.48. The van der Waals surface area contributed by atoms with Crippen LogP contribution in [-0.4, -0.2) is 89.6 Å². The van der Waals surface area contributed by atoms with Crippen molar-refractivity contribution in [1.82, 2.24) is 14.7 Å². The average molecular weight is 491 g/mol. The molecule has 4 rings (SSSR count). The zero-order chi connectivity index (χ0) is 24.5. The van der Waals surface area contributed by atoms with E-state index in [0.717, 1.165) is 70.4 Å². The molecule has 0 radical (unpaired) electrons. The third kappa shape index (κ3) is 5.37. The molecule has 1 aliphatic carbocycles. The molecule has 8 heteroatoms. The standard InChI is InChI=1S/C26H39ClN4O3/c1-26(34,18-7-5-4-6-8-18)25(33)30-13-11-21(12-14-30)31-16-20(17-31)28-19-9-10-22(23(27)15-19)24(32)29(2)3/h9-10,15,18,20-21,28,34H,4-8,11-14,16-17H2,1-3H3. The molecule has 34 heavy (non-hydrogen) atoms. The first kappa shape index (κ1) is 25.3. The van der Waals surface area contributed by atoms with Crippen LogP contribution in [0.5, 0.6) is 0 Å². The van der Waals surface area contributed by atoms with E-state index < -0.39 is 5.60 Å². The van der Waals surface area contributed by atoms with Crippen LogP contribution in [0.15, 0.2) is 18.2 Å². The van der Waals surface area contributed by atoms with E-state index in [1.165, 1.54) is 11.3 Å². The first-order chi connectivity index (χ1) is 16.2. The second-order valence-electron chi connectivity index (χ2n) is 10.7. The minimum absolute atomic E-state index is 0.0749. The first-order valence-electron chi connectivity index (χ1n) is 12.7. The van der Waals surface area contributed by atoms with Crippen LogP contribution in [-0.2, 0) is 4.79 Å². The fourth-order valence-corrected chi connectivity index (χ4v) is 6.01. The Morgan fingerprint density at radius 2 is 1.74 bits per heavy atom. The topological polar surface area (TPSA) is 76.1 Å². The van der Waals surface area contributed by atoms with E-state index >= 15 is 0 Å². The van der Waals surface area contributed by atoms with Gasteiger partial charge in [-0.1, -0.05) is 30.9 Å². The molecule has 2 saturated heterocycles. The number of nitrogens with one attached hydrogen (secondary N) is 1. The molecular formula is C26H39ClN4O3. The molecule has 1 aromatic carbocycles. The molecule has 7 nitrogen and oxygen atoms in total. The lowest BCUT2D eigenvalue weighted by molar-refractivity contribution is -0.158. The van der Waals surface area contributed by atoms with E-state index in [2.05, 4.69) is 10.2 Å². The van der Waals surface area contributed by atoms with Crippen molar-refractivity contribution < 1.29 is 14.7 Å². The third-order valence-corrected chi connectivity index (χ3v) is 8.30. The summed E-state index contributed by atoms with van der Waals surface area (Å²) in [6.07, 6.45) is 7.26. The van der Waals surface area contributed by atoms with Crippen molar-refractivity contribution in [2.24, 2.45) is 5.92 Å². The maximum Gasteiger partial charge on any atom is 0.254 e. The highest BCUT2D eigenvalue weighted by molar-refractivity contribution is 6.34. The lowest BCUT2D eigenvalue weighted by atomic mass is 9.77. The highest BCUT2D eigenvalue weighted by atomic mass is 35.5. The fourth-order valence-electron chi connectivity index (χ4n) is 5.75. The molecule has 3 fully saturated rings. The van der Waals surface area contributed by atoms with Crippen LogP contribution in [0.1, 0.15) is 62.2 Å². The van der Waals surface area contributed by atoms with Gasteiger partial charge in [-0.25, -0.2) is 0 Å². The Morgan fingerprint density at radius 1 is 1.09 bits per heavy atom. The Labute approximate surface area is 208 Å². The number of nitrogens with zero attached hydrogens (tertiary/aromatic N) is 3. The second-order valence-corrected chi connectivity index (χ2v) is 11.1. The normalized spacial score (nSPS) is 22.7. The van der Waals surface area contributed by atoms with Gasteiger partial charge >= 0.3 is 0 Å². The van der Waals surface area contributed by atoms with Crippen molar-refractivity contribution in [1.29, 1.82) is 0 Å². The Kier molecular flexibility index (Phi) is 7.75. The van der Waals surface area contributed by atoms with Gasteiger partial charge in [-0.3, -0.25) is 14.5 Å². The lowest BCUT2D eigenvalue weighted by Crippen LogP contribution is -2.61. The molecule has 0 aromatic heterocycles. The minimum Gasteiger partial charge on any atom is -0.380 e. The van der Waals surface area contributed by atoms with Crippen LogP contribution >= 0.6 is 11.6 Å². The van der Waals surface area contributed by atoms with Gasteiger partial charge in [0.2, 0.25) is 0 Å². The van der Waals surface area contributed by atoms with E-state index in [4.69, 9.17) is 11.6 Å². The summed E-state index contributed by atoms with van der Waals surface area (Å²) in [6.45, 7) is 5.08. The number of halogens is 1. The third-order valence-electron chi connectivity index (χ3n) is 7.99. The summed E-state index contributed by atoms with van der Waals surface area (Å²) in [6, 6.07) is 6.33. The van der Waals surface area contributed by atoms with Gasteiger partial charge in [-0.2, -0.15) is 0 Å². The summed E-state index contributed by atoms with van der Waals surface area (Å²) < 4.78 is 0. The molecular weight excluding hydrogens is 452 g/mol. The van der Waals surface area contributed by atoms with Crippen LogP contribution in [0.2, 0.25) is 5.02 Å². The predicted molar refractivity (Wildman–Crippen MR) is 135 cm³/mol. The summed E-state index contributed by atoms with van der Waals surface area (Å²) in [5, 5.41) is 15.0. The average Bonchev–Trinajstić information content (AvgIpc) is 2.81. The Hall–Kier alpha value is -1.83. The number of benzene rings is 1. The molecule has 2 heterocycles. The fraction of sp³-hybridized carbons (Fsp3) is 0.692. The smallest absolute Gasteiger partial charge is 0.254 e. The van der Waals surface area contributed by atoms with Crippen LogP contribution in [0.4, 0.5) is 5.69 Å². The zero-order valence-corrected chi connectivity index (χ0v) is 21.5. The number of anilines is 1. The molecule has 1 unspecified atom stereocenters. The van der Waals surface area contributed by atoms with E-state index in [1.54, 1.807) is 27.1 Å². The van der Waals surface area contributed by atoms with Gasteiger partial charge in [0.15, 0.2) is 0 Å². The van der Waals surface area contributed by atoms with Crippen LogP contribution in [0.3, 0.4) is 0 Å². The number of amides is 2. The zero-order valence-electron chi connectivity index (χ0n) is 20.7. The highest BCUT2D eigenvalue weighted by Gasteiger charge is 2.43. The number of hydrogen-bond acceptors (Lipinski definition) is 5. The van der Waals surface area contributed by atoms with E-state index in [1.807, 2.05) is 17.0 Å². The number of piperidine rings is 1. The SMILES string of the molecule is CN(C)C(=O)c1ccc(NC2CN(C3CCN(C(=O)C(C)(O)C4CCCCC4)CC3)C2)cc1Cl.